The van der Waals surface area contributed by atoms with Crippen LogP contribution in [0.4, 0.5) is 0 Å². The standard InChI is InChI=1S/C11H18O/c1-8(2)10-4-6-11(7-5-10)9(3)12/h6,9-10,12H,1,4-5,7H2,2-3H3/t9-,10+/m0/s1. The highest BCUT2D eigenvalue weighted by Gasteiger charge is 2.16. The first kappa shape index (κ1) is 9.53. The van der Waals surface area contributed by atoms with Gasteiger partial charge in [-0.25, -0.2) is 0 Å². The van der Waals surface area contributed by atoms with Crippen LogP contribution in [-0.4, -0.2) is 11.2 Å². The zero-order valence-corrected chi connectivity index (χ0v) is 8.01. The third-order valence-corrected chi connectivity index (χ3v) is 2.68. The van der Waals surface area contributed by atoms with E-state index in [4.69, 9.17) is 0 Å². The maximum absolute atomic E-state index is 9.31. The van der Waals surface area contributed by atoms with Gasteiger partial charge < -0.3 is 5.11 Å². The van der Waals surface area contributed by atoms with Crippen LogP contribution < -0.4 is 0 Å². The van der Waals surface area contributed by atoms with Gasteiger partial charge in [0.05, 0.1) is 6.10 Å². The summed E-state index contributed by atoms with van der Waals surface area (Å²) in [4.78, 5) is 0. The third-order valence-electron chi connectivity index (χ3n) is 2.68. The molecule has 1 nitrogen and oxygen atoms in total. The van der Waals surface area contributed by atoms with Gasteiger partial charge in [0, 0.05) is 0 Å². The van der Waals surface area contributed by atoms with Crippen molar-refractivity contribution in [2.45, 2.75) is 39.2 Å². The van der Waals surface area contributed by atoms with Crippen molar-refractivity contribution in [3.05, 3.63) is 23.8 Å². The van der Waals surface area contributed by atoms with Crippen molar-refractivity contribution >= 4 is 0 Å². The van der Waals surface area contributed by atoms with Crippen LogP contribution >= 0.6 is 0 Å². The minimum absolute atomic E-state index is 0.254. The lowest BCUT2D eigenvalue weighted by Crippen LogP contribution is -2.13. The molecule has 0 aromatic rings. The summed E-state index contributed by atoms with van der Waals surface area (Å²) in [5.41, 5.74) is 2.48. The summed E-state index contributed by atoms with van der Waals surface area (Å²) in [6.45, 7) is 7.89. The van der Waals surface area contributed by atoms with Gasteiger partial charge in [-0.2, -0.15) is 0 Å². The zero-order chi connectivity index (χ0) is 9.14. The van der Waals surface area contributed by atoms with Gasteiger partial charge in [-0.05, 0) is 44.6 Å². The van der Waals surface area contributed by atoms with Gasteiger partial charge in [-0.3, -0.25) is 0 Å². The van der Waals surface area contributed by atoms with E-state index in [0.29, 0.717) is 5.92 Å². The summed E-state index contributed by atoms with van der Waals surface area (Å²) in [5, 5.41) is 9.31. The number of aliphatic hydroxyl groups excluding tert-OH is 1. The molecule has 0 saturated heterocycles. The Bertz CT molecular complexity index is 201. The molecule has 0 saturated carbocycles. The van der Waals surface area contributed by atoms with Crippen molar-refractivity contribution in [2.75, 3.05) is 0 Å². The predicted molar refractivity (Wildman–Crippen MR) is 51.9 cm³/mol. The zero-order valence-electron chi connectivity index (χ0n) is 8.01. The largest absolute Gasteiger partial charge is 0.389 e. The molecule has 0 radical (unpaired) electrons. The Kier molecular flexibility index (Phi) is 3.10. The van der Waals surface area contributed by atoms with Gasteiger partial charge in [0.1, 0.15) is 0 Å². The van der Waals surface area contributed by atoms with E-state index in [-0.39, 0.29) is 6.10 Å². The lowest BCUT2D eigenvalue weighted by molar-refractivity contribution is 0.222. The molecular weight excluding hydrogens is 148 g/mol. The number of rotatable bonds is 2. The molecule has 0 heterocycles. The first-order chi connectivity index (χ1) is 5.61. The van der Waals surface area contributed by atoms with E-state index in [1.165, 1.54) is 11.1 Å². The molecule has 0 aromatic heterocycles. The summed E-state index contributed by atoms with van der Waals surface area (Å²) in [6, 6.07) is 0. The van der Waals surface area contributed by atoms with Crippen LogP contribution in [0.5, 0.6) is 0 Å². The Morgan fingerprint density at radius 3 is 2.75 bits per heavy atom. The van der Waals surface area contributed by atoms with Gasteiger partial charge >= 0.3 is 0 Å². The fourth-order valence-corrected chi connectivity index (χ4v) is 1.68. The Morgan fingerprint density at radius 2 is 2.42 bits per heavy atom. The van der Waals surface area contributed by atoms with Crippen molar-refractivity contribution < 1.29 is 5.11 Å². The van der Waals surface area contributed by atoms with Crippen LogP contribution in [0.2, 0.25) is 0 Å². The second kappa shape index (κ2) is 3.90. The summed E-state index contributed by atoms with van der Waals surface area (Å²) >= 11 is 0. The fourth-order valence-electron chi connectivity index (χ4n) is 1.68. The first-order valence-corrected chi connectivity index (χ1v) is 4.63. The summed E-state index contributed by atoms with van der Waals surface area (Å²) in [5.74, 6) is 0.646. The maximum atomic E-state index is 9.31. The molecule has 1 aliphatic rings. The van der Waals surface area contributed by atoms with Crippen molar-refractivity contribution in [2.24, 2.45) is 5.92 Å². The van der Waals surface area contributed by atoms with Crippen molar-refractivity contribution in [3.8, 4) is 0 Å². The Balaban J connectivity index is 2.53. The quantitative estimate of drug-likeness (QED) is 0.625. The Labute approximate surface area is 74.8 Å². The average molecular weight is 166 g/mol. The van der Waals surface area contributed by atoms with Gasteiger partial charge in [0.15, 0.2) is 0 Å². The highest BCUT2D eigenvalue weighted by atomic mass is 16.3. The molecule has 1 aliphatic carbocycles. The maximum Gasteiger partial charge on any atom is 0.0721 e. The van der Waals surface area contributed by atoms with Crippen molar-refractivity contribution in [1.82, 2.24) is 0 Å². The second-order valence-electron chi connectivity index (χ2n) is 3.77. The molecule has 68 valence electrons. The smallest absolute Gasteiger partial charge is 0.0721 e. The van der Waals surface area contributed by atoms with E-state index >= 15 is 0 Å². The summed E-state index contributed by atoms with van der Waals surface area (Å²) < 4.78 is 0. The van der Waals surface area contributed by atoms with Crippen molar-refractivity contribution in [3.63, 3.8) is 0 Å². The molecule has 12 heavy (non-hydrogen) atoms. The van der Waals surface area contributed by atoms with E-state index in [1.54, 1.807) is 0 Å². The van der Waals surface area contributed by atoms with Gasteiger partial charge in [-0.1, -0.05) is 18.2 Å². The van der Waals surface area contributed by atoms with Crippen LogP contribution in [0.1, 0.15) is 33.1 Å². The van der Waals surface area contributed by atoms with Crippen LogP contribution in [-0.2, 0) is 0 Å². The predicted octanol–water partition coefficient (Wildman–Crippen LogP) is 2.67. The average Bonchev–Trinajstić information content (AvgIpc) is 2.04. The number of aliphatic hydroxyl groups is 1. The summed E-state index contributed by atoms with van der Waals surface area (Å²) in [6.07, 6.45) is 5.18. The Morgan fingerprint density at radius 1 is 1.75 bits per heavy atom. The number of allylic oxidation sites excluding steroid dienone is 2. The minimum Gasteiger partial charge on any atom is -0.389 e. The van der Waals surface area contributed by atoms with Crippen LogP contribution in [0.15, 0.2) is 23.8 Å². The van der Waals surface area contributed by atoms with Gasteiger partial charge in [-0.15, -0.1) is 0 Å². The molecule has 2 atom stereocenters. The molecule has 0 fully saturated rings. The number of hydrogen-bond acceptors (Lipinski definition) is 1. The van der Waals surface area contributed by atoms with Crippen LogP contribution in [0.25, 0.3) is 0 Å². The van der Waals surface area contributed by atoms with Gasteiger partial charge in [0.25, 0.3) is 0 Å². The molecule has 1 N–H and O–H groups in total. The molecule has 1 rings (SSSR count). The summed E-state index contributed by atoms with van der Waals surface area (Å²) in [7, 11) is 0. The van der Waals surface area contributed by atoms with E-state index in [9.17, 15) is 5.11 Å². The minimum atomic E-state index is -0.254. The highest BCUT2D eigenvalue weighted by Crippen LogP contribution is 2.29. The monoisotopic (exact) mass is 166 g/mol. The molecule has 0 aromatic carbocycles. The molecule has 0 bridgehead atoms. The third kappa shape index (κ3) is 2.21. The lowest BCUT2D eigenvalue weighted by Gasteiger charge is -2.23. The SMILES string of the molecule is C=C(C)[C@@H]1CC=C([C@H](C)O)CC1. The molecular formula is C11H18O. The second-order valence-corrected chi connectivity index (χ2v) is 3.77. The lowest BCUT2D eigenvalue weighted by atomic mass is 9.84. The fraction of sp³-hybridized carbons (Fsp3) is 0.636. The topological polar surface area (TPSA) is 20.2 Å². The Hall–Kier alpha value is -0.560. The number of hydrogen-bond donors (Lipinski definition) is 1. The first-order valence-electron chi connectivity index (χ1n) is 4.63. The van der Waals surface area contributed by atoms with Crippen LogP contribution in [0.3, 0.4) is 0 Å². The van der Waals surface area contributed by atoms with E-state index in [2.05, 4.69) is 19.6 Å². The molecule has 0 amide bonds. The highest BCUT2D eigenvalue weighted by molar-refractivity contribution is 5.14. The molecule has 0 spiro atoms. The van der Waals surface area contributed by atoms with Crippen LogP contribution in [0, 0.1) is 5.92 Å². The molecule has 1 heteroatoms. The van der Waals surface area contributed by atoms with E-state index in [1.807, 2.05) is 6.92 Å². The van der Waals surface area contributed by atoms with Gasteiger partial charge in [0.2, 0.25) is 0 Å². The normalized spacial score (nSPS) is 26.2. The van der Waals surface area contributed by atoms with E-state index in [0.717, 1.165) is 19.3 Å². The van der Waals surface area contributed by atoms with Crippen molar-refractivity contribution in [1.29, 1.82) is 0 Å². The van der Waals surface area contributed by atoms with E-state index < -0.39 is 0 Å². The molecule has 0 aliphatic heterocycles. The molecule has 0 unspecified atom stereocenters.